The quantitative estimate of drug-likeness (QED) is 0.662. The predicted octanol–water partition coefficient (Wildman–Crippen LogP) is -0.526. The van der Waals surface area contributed by atoms with Crippen molar-refractivity contribution in [1.82, 2.24) is 15.0 Å². The smallest absolute Gasteiger partial charge is 0.0853 e. The van der Waals surface area contributed by atoms with Gasteiger partial charge >= 0.3 is 0 Å². The molecule has 1 aromatic rings. The maximum Gasteiger partial charge on any atom is 0.0853 e. The monoisotopic (exact) mass is 215 g/mol. The van der Waals surface area contributed by atoms with Crippen LogP contribution < -0.4 is 0 Å². The summed E-state index contributed by atoms with van der Waals surface area (Å²) in [5, 5.41) is 17.3. The molecule has 6 nitrogen and oxygen atoms in total. The van der Waals surface area contributed by atoms with E-state index < -0.39 is 6.10 Å². The first-order valence-corrected chi connectivity index (χ1v) is 4.81. The van der Waals surface area contributed by atoms with Gasteiger partial charge in [0.2, 0.25) is 0 Å². The minimum absolute atomic E-state index is 0.310. The van der Waals surface area contributed by atoms with Crippen molar-refractivity contribution in [2.24, 2.45) is 0 Å². The van der Waals surface area contributed by atoms with Gasteiger partial charge in [0, 0.05) is 26.8 Å². The number of rotatable bonds is 7. The molecule has 0 spiro atoms. The van der Waals surface area contributed by atoms with E-state index in [0.29, 0.717) is 26.2 Å². The fraction of sp³-hybridized carbons (Fsp3) is 0.778. The summed E-state index contributed by atoms with van der Waals surface area (Å²) in [6.07, 6.45) is 1.74. The molecule has 0 aliphatic carbocycles. The van der Waals surface area contributed by atoms with E-state index in [1.807, 2.05) is 0 Å². The highest BCUT2D eigenvalue weighted by Crippen LogP contribution is 1.99. The van der Waals surface area contributed by atoms with Crippen molar-refractivity contribution in [2.75, 3.05) is 27.4 Å². The van der Waals surface area contributed by atoms with Gasteiger partial charge in [-0.2, -0.15) is 0 Å². The van der Waals surface area contributed by atoms with Crippen LogP contribution in [0.4, 0.5) is 0 Å². The molecule has 1 aromatic heterocycles. The summed E-state index contributed by atoms with van der Waals surface area (Å²) in [5.74, 6) is 0. The first kappa shape index (κ1) is 12.1. The molecule has 0 aliphatic heterocycles. The molecule has 1 N–H and O–H groups in total. The van der Waals surface area contributed by atoms with Crippen molar-refractivity contribution < 1.29 is 14.6 Å². The Balaban J connectivity index is 2.38. The van der Waals surface area contributed by atoms with Crippen LogP contribution in [-0.2, 0) is 22.4 Å². The van der Waals surface area contributed by atoms with E-state index in [2.05, 4.69) is 10.3 Å². The molecule has 0 aromatic carbocycles. The highest BCUT2D eigenvalue weighted by Gasteiger charge is 2.08. The molecule has 0 fully saturated rings. The van der Waals surface area contributed by atoms with Gasteiger partial charge in [-0.15, -0.1) is 5.10 Å². The van der Waals surface area contributed by atoms with Crippen LogP contribution in [0.2, 0.25) is 0 Å². The molecule has 0 bridgehead atoms. The average Bonchev–Trinajstić information content (AvgIpc) is 2.63. The molecular formula is C9H17N3O3. The average molecular weight is 215 g/mol. The lowest BCUT2D eigenvalue weighted by molar-refractivity contribution is 0.0644. The normalized spacial score (nSPS) is 13.0. The number of aliphatic hydroxyl groups is 1. The molecule has 1 heterocycles. The zero-order chi connectivity index (χ0) is 11.1. The summed E-state index contributed by atoms with van der Waals surface area (Å²) in [4.78, 5) is 0. The molecule has 6 heteroatoms. The second-order valence-corrected chi connectivity index (χ2v) is 3.28. The van der Waals surface area contributed by atoms with Crippen molar-refractivity contribution in [1.29, 1.82) is 0 Å². The van der Waals surface area contributed by atoms with Crippen LogP contribution in [0.5, 0.6) is 0 Å². The van der Waals surface area contributed by atoms with Gasteiger partial charge in [0.25, 0.3) is 0 Å². The van der Waals surface area contributed by atoms with Gasteiger partial charge in [-0.05, 0) is 0 Å². The largest absolute Gasteiger partial charge is 0.390 e. The Hall–Kier alpha value is -0.980. The van der Waals surface area contributed by atoms with E-state index in [1.54, 1.807) is 25.1 Å². The Bertz CT molecular complexity index is 277. The van der Waals surface area contributed by atoms with E-state index in [9.17, 15) is 5.11 Å². The molecule has 15 heavy (non-hydrogen) atoms. The maximum atomic E-state index is 9.46. The highest BCUT2D eigenvalue weighted by atomic mass is 16.5. The molecule has 1 rings (SSSR count). The Morgan fingerprint density at radius 1 is 1.47 bits per heavy atom. The van der Waals surface area contributed by atoms with Gasteiger partial charge in [0.15, 0.2) is 0 Å². The molecule has 86 valence electrons. The van der Waals surface area contributed by atoms with E-state index in [-0.39, 0.29) is 0 Å². The summed E-state index contributed by atoms with van der Waals surface area (Å²) in [5.41, 5.74) is 0.760. The van der Waals surface area contributed by atoms with Crippen LogP contribution in [0.1, 0.15) is 5.69 Å². The van der Waals surface area contributed by atoms with E-state index in [1.165, 1.54) is 0 Å². The summed E-state index contributed by atoms with van der Waals surface area (Å²) in [6, 6.07) is 0. The summed E-state index contributed by atoms with van der Waals surface area (Å²) < 4.78 is 11.4. The first-order chi connectivity index (χ1) is 7.26. The zero-order valence-corrected chi connectivity index (χ0v) is 9.09. The number of aromatic nitrogens is 3. The molecule has 0 amide bonds. The van der Waals surface area contributed by atoms with Gasteiger partial charge < -0.3 is 14.6 Å². The zero-order valence-electron chi connectivity index (χ0n) is 9.09. The second-order valence-electron chi connectivity index (χ2n) is 3.28. The van der Waals surface area contributed by atoms with Crippen LogP contribution in [0.25, 0.3) is 0 Å². The van der Waals surface area contributed by atoms with Crippen LogP contribution in [0.3, 0.4) is 0 Å². The van der Waals surface area contributed by atoms with Crippen LogP contribution in [-0.4, -0.2) is 53.6 Å². The molecular weight excluding hydrogens is 198 g/mol. The lowest BCUT2D eigenvalue weighted by atomic mass is 10.2. The van der Waals surface area contributed by atoms with Crippen molar-refractivity contribution in [2.45, 2.75) is 19.1 Å². The molecule has 1 atom stereocenters. The van der Waals surface area contributed by atoms with Crippen molar-refractivity contribution in [3.05, 3.63) is 11.9 Å². The molecule has 0 saturated heterocycles. The lowest BCUT2D eigenvalue weighted by Gasteiger charge is -2.05. The predicted molar refractivity (Wildman–Crippen MR) is 53.5 cm³/mol. The van der Waals surface area contributed by atoms with Crippen LogP contribution >= 0.6 is 0 Å². The van der Waals surface area contributed by atoms with Gasteiger partial charge in [0.05, 0.1) is 31.6 Å². The third kappa shape index (κ3) is 4.37. The molecule has 0 aliphatic rings. The van der Waals surface area contributed by atoms with Gasteiger partial charge in [0.1, 0.15) is 0 Å². The minimum atomic E-state index is -0.525. The number of methoxy groups -OCH3 is 2. The fourth-order valence-electron chi connectivity index (χ4n) is 1.22. The Kier molecular flexibility index (Phi) is 5.23. The molecule has 0 radical (unpaired) electrons. The topological polar surface area (TPSA) is 69.4 Å². The van der Waals surface area contributed by atoms with Gasteiger partial charge in [-0.3, -0.25) is 0 Å². The van der Waals surface area contributed by atoms with Gasteiger partial charge in [-0.25, -0.2) is 4.68 Å². The van der Waals surface area contributed by atoms with Crippen molar-refractivity contribution in [3.63, 3.8) is 0 Å². The second kappa shape index (κ2) is 6.49. The fourth-order valence-corrected chi connectivity index (χ4v) is 1.22. The standard InChI is InChI=1S/C9H17N3O3/c1-14-4-3-12-6-8(10-11-12)5-9(13)7-15-2/h6,9,13H,3-5,7H2,1-2H3/t9-/m0/s1. The van der Waals surface area contributed by atoms with Crippen LogP contribution in [0.15, 0.2) is 6.20 Å². The number of hydrogen-bond donors (Lipinski definition) is 1. The van der Waals surface area contributed by atoms with E-state index >= 15 is 0 Å². The summed E-state index contributed by atoms with van der Waals surface area (Å²) in [7, 11) is 3.19. The molecule has 0 unspecified atom stereocenters. The van der Waals surface area contributed by atoms with E-state index in [0.717, 1.165) is 5.69 Å². The van der Waals surface area contributed by atoms with Crippen molar-refractivity contribution >= 4 is 0 Å². The Morgan fingerprint density at radius 2 is 2.27 bits per heavy atom. The third-order valence-electron chi connectivity index (χ3n) is 1.91. The Morgan fingerprint density at radius 3 is 2.93 bits per heavy atom. The minimum Gasteiger partial charge on any atom is -0.390 e. The molecule has 0 saturated carbocycles. The van der Waals surface area contributed by atoms with Crippen LogP contribution in [0, 0.1) is 0 Å². The Labute approximate surface area is 88.8 Å². The highest BCUT2D eigenvalue weighted by molar-refractivity contribution is 4.94. The number of ether oxygens (including phenoxy) is 2. The van der Waals surface area contributed by atoms with E-state index in [4.69, 9.17) is 9.47 Å². The number of nitrogens with zero attached hydrogens (tertiary/aromatic N) is 3. The lowest BCUT2D eigenvalue weighted by Crippen LogP contribution is -2.17. The number of aliphatic hydroxyl groups excluding tert-OH is 1. The van der Waals surface area contributed by atoms with Gasteiger partial charge in [-0.1, -0.05) is 5.21 Å². The summed E-state index contributed by atoms with van der Waals surface area (Å²) in [6.45, 7) is 1.58. The first-order valence-electron chi connectivity index (χ1n) is 4.81. The van der Waals surface area contributed by atoms with Crippen molar-refractivity contribution in [3.8, 4) is 0 Å². The number of hydrogen-bond acceptors (Lipinski definition) is 5. The third-order valence-corrected chi connectivity index (χ3v) is 1.91. The maximum absolute atomic E-state index is 9.46. The summed E-state index contributed by atoms with van der Waals surface area (Å²) >= 11 is 0. The SMILES string of the molecule is COCCn1cc(C[C@H](O)COC)nn1.